The Balaban J connectivity index is 3.66. The van der Waals surface area contributed by atoms with E-state index in [9.17, 15) is 15.0 Å². The molecule has 3 N–H and O–H groups in total. The molecule has 0 rings (SSSR count). The SMILES string of the molecule is CCCCCCCC/C=C\CCCCCCCC(=O)NC(CO)C(O)/C=C/CC/C=C/CC/C=C/CCCCCCCCCCCCCCC. The fourth-order valence-electron chi connectivity index (χ4n) is 6.38. The summed E-state index contributed by atoms with van der Waals surface area (Å²) in [7, 11) is 0. The number of carbonyl (C=O) groups is 1. The molecule has 2 unspecified atom stereocenters. The second-order valence-corrected chi connectivity index (χ2v) is 14.7. The third-order valence-electron chi connectivity index (χ3n) is 9.76. The van der Waals surface area contributed by atoms with Crippen LogP contribution in [-0.4, -0.2) is 34.9 Å². The van der Waals surface area contributed by atoms with Crippen LogP contribution in [0.25, 0.3) is 0 Å². The molecule has 0 aromatic carbocycles. The molecule has 50 heavy (non-hydrogen) atoms. The van der Waals surface area contributed by atoms with E-state index in [1.807, 2.05) is 6.08 Å². The average Bonchev–Trinajstić information content (AvgIpc) is 3.12. The fourth-order valence-corrected chi connectivity index (χ4v) is 6.38. The van der Waals surface area contributed by atoms with Crippen LogP contribution < -0.4 is 5.32 Å². The van der Waals surface area contributed by atoms with E-state index in [1.165, 1.54) is 148 Å². The van der Waals surface area contributed by atoms with Gasteiger partial charge in [-0.3, -0.25) is 4.79 Å². The largest absolute Gasteiger partial charge is 0.394 e. The second kappa shape index (κ2) is 41.8. The van der Waals surface area contributed by atoms with Crippen LogP contribution in [0.2, 0.25) is 0 Å². The molecule has 292 valence electrons. The molecule has 0 heterocycles. The van der Waals surface area contributed by atoms with E-state index < -0.39 is 12.1 Å². The summed E-state index contributed by atoms with van der Waals surface area (Å²) < 4.78 is 0. The van der Waals surface area contributed by atoms with E-state index >= 15 is 0 Å². The minimum atomic E-state index is -0.873. The summed E-state index contributed by atoms with van der Waals surface area (Å²) >= 11 is 0. The monoisotopic (exact) mass is 700 g/mol. The number of rotatable bonds is 39. The number of carbonyl (C=O) groups excluding carboxylic acids is 1. The topological polar surface area (TPSA) is 69.6 Å². The predicted octanol–water partition coefficient (Wildman–Crippen LogP) is 13.6. The molecule has 0 aliphatic rings. The van der Waals surface area contributed by atoms with Gasteiger partial charge < -0.3 is 15.5 Å². The van der Waals surface area contributed by atoms with Crippen molar-refractivity contribution in [2.75, 3.05) is 6.61 Å². The standard InChI is InChI=1S/C46H85NO3/c1-3-5-7-9-11-13-15-17-19-20-21-22-23-24-25-26-28-29-31-33-35-37-39-41-45(49)44(43-48)47-46(50)42-40-38-36-34-32-30-27-18-16-14-12-10-8-6-4-2/h18,25-27,31,33,39,41,44-45,48-49H,3-17,19-24,28-30,32,34-38,40,42-43H2,1-2H3,(H,47,50)/b26-25+,27-18-,33-31+,41-39+. The number of aliphatic hydroxyl groups excluding tert-OH is 2. The van der Waals surface area contributed by atoms with Crippen LogP contribution in [0.15, 0.2) is 48.6 Å². The Morgan fingerprint density at radius 3 is 1.16 bits per heavy atom. The lowest BCUT2D eigenvalue weighted by Crippen LogP contribution is -2.45. The number of allylic oxidation sites excluding steroid dienone is 7. The predicted molar refractivity (Wildman–Crippen MR) is 221 cm³/mol. The highest BCUT2D eigenvalue weighted by Gasteiger charge is 2.17. The van der Waals surface area contributed by atoms with Gasteiger partial charge in [-0.2, -0.15) is 0 Å². The zero-order valence-corrected chi connectivity index (χ0v) is 33.4. The Kier molecular flexibility index (Phi) is 40.4. The third-order valence-corrected chi connectivity index (χ3v) is 9.76. The molecule has 1 amide bonds. The summed E-state index contributed by atoms with van der Waals surface area (Å²) in [5, 5.41) is 23.0. The quantitative estimate of drug-likeness (QED) is 0.0442. The molecule has 0 aromatic heterocycles. The van der Waals surface area contributed by atoms with Crippen LogP contribution >= 0.6 is 0 Å². The van der Waals surface area contributed by atoms with Crippen molar-refractivity contribution in [1.29, 1.82) is 0 Å². The summed E-state index contributed by atoms with van der Waals surface area (Å²) in [6, 6.07) is -0.649. The van der Waals surface area contributed by atoms with Crippen molar-refractivity contribution in [2.24, 2.45) is 0 Å². The normalized spacial score (nSPS) is 13.4. The van der Waals surface area contributed by atoms with Crippen LogP contribution in [-0.2, 0) is 4.79 Å². The first-order valence-electron chi connectivity index (χ1n) is 21.9. The molecule has 0 aromatic rings. The lowest BCUT2D eigenvalue weighted by atomic mass is 10.0. The summed E-state index contributed by atoms with van der Waals surface area (Å²) in [5.41, 5.74) is 0. The van der Waals surface area contributed by atoms with Gasteiger partial charge in [0, 0.05) is 6.42 Å². The average molecular weight is 700 g/mol. The molecular formula is C46H85NO3. The maximum Gasteiger partial charge on any atom is 0.220 e. The number of aliphatic hydroxyl groups is 2. The molecule has 0 saturated carbocycles. The van der Waals surface area contributed by atoms with Gasteiger partial charge in [0.25, 0.3) is 0 Å². The summed E-state index contributed by atoms with van der Waals surface area (Å²) in [6.45, 7) is 4.28. The maximum atomic E-state index is 12.3. The van der Waals surface area contributed by atoms with Gasteiger partial charge in [0.05, 0.1) is 18.8 Å². The lowest BCUT2D eigenvalue weighted by Gasteiger charge is -2.19. The van der Waals surface area contributed by atoms with Gasteiger partial charge in [-0.25, -0.2) is 0 Å². The first kappa shape index (κ1) is 48.3. The van der Waals surface area contributed by atoms with E-state index in [1.54, 1.807) is 6.08 Å². The van der Waals surface area contributed by atoms with Crippen LogP contribution in [0, 0.1) is 0 Å². The highest BCUT2D eigenvalue weighted by Crippen LogP contribution is 2.14. The van der Waals surface area contributed by atoms with Crippen LogP contribution in [0.5, 0.6) is 0 Å². The molecule has 0 aliphatic heterocycles. The van der Waals surface area contributed by atoms with Crippen LogP contribution in [0.3, 0.4) is 0 Å². The molecule has 0 spiro atoms. The van der Waals surface area contributed by atoms with Crippen molar-refractivity contribution in [3.05, 3.63) is 48.6 Å². The van der Waals surface area contributed by atoms with E-state index in [-0.39, 0.29) is 12.5 Å². The lowest BCUT2D eigenvalue weighted by molar-refractivity contribution is -0.123. The third kappa shape index (κ3) is 37.6. The molecule has 0 fully saturated rings. The number of hydrogen-bond donors (Lipinski definition) is 3. The fraction of sp³-hybridized carbons (Fsp3) is 0.804. The molecule has 4 nitrogen and oxygen atoms in total. The first-order chi connectivity index (χ1) is 24.7. The minimum Gasteiger partial charge on any atom is -0.394 e. The number of nitrogens with one attached hydrogen (secondary N) is 1. The second-order valence-electron chi connectivity index (χ2n) is 14.7. The van der Waals surface area contributed by atoms with Gasteiger partial charge in [0.2, 0.25) is 5.91 Å². The van der Waals surface area contributed by atoms with Gasteiger partial charge in [0.15, 0.2) is 0 Å². The smallest absolute Gasteiger partial charge is 0.220 e. The highest BCUT2D eigenvalue weighted by atomic mass is 16.3. The zero-order chi connectivity index (χ0) is 36.4. The first-order valence-corrected chi connectivity index (χ1v) is 21.9. The van der Waals surface area contributed by atoms with E-state index in [4.69, 9.17) is 0 Å². The summed E-state index contributed by atoms with van der Waals surface area (Å²) in [6.07, 6.45) is 56.5. The Morgan fingerprint density at radius 2 is 0.780 bits per heavy atom. The van der Waals surface area contributed by atoms with Crippen molar-refractivity contribution in [3.8, 4) is 0 Å². The number of amides is 1. The molecule has 0 saturated heterocycles. The molecule has 0 bridgehead atoms. The molecule has 0 radical (unpaired) electrons. The van der Waals surface area contributed by atoms with Crippen molar-refractivity contribution in [1.82, 2.24) is 5.32 Å². The summed E-state index contributed by atoms with van der Waals surface area (Å²) in [4.78, 5) is 12.3. The van der Waals surface area contributed by atoms with Crippen LogP contribution in [0.1, 0.15) is 219 Å². The van der Waals surface area contributed by atoms with E-state index in [0.717, 1.165) is 51.4 Å². The van der Waals surface area contributed by atoms with Crippen molar-refractivity contribution in [2.45, 2.75) is 231 Å². The van der Waals surface area contributed by atoms with Crippen molar-refractivity contribution in [3.63, 3.8) is 0 Å². The van der Waals surface area contributed by atoms with E-state index in [0.29, 0.717) is 6.42 Å². The molecule has 2 atom stereocenters. The Hall–Kier alpha value is -1.65. The Morgan fingerprint density at radius 1 is 0.460 bits per heavy atom. The van der Waals surface area contributed by atoms with Gasteiger partial charge in [0.1, 0.15) is 0 Å². The number of hydrogen-bond acceptors (Lipinski definition) is 3. The van der Waals surface area contributed by atoms with Gasteiger partial charge in [-0.05, 0) is 70.6 Å². The van der Waals surface area contributed by atoms with Gasteiger partial charge in [-0.1, -0.05) is 191 Å². The number of unbranched alkanes of at least 4 members (excludes halogenated alkanes) is 26. The van der Waals surface area contributed by atoms with Crippen LogP contribution in [0.4, 0.5) is 0 Å². The minimum absolute atomic E-state index is 0.0875. The summed E-state index contributed by atoms with van der Waals surface area (Å²) in [5.74, 6) is -0.0875. The zero-order valence-electron chi connectivity index (χ0n) is 33.4. The Bertz CT molecular complexity index is 801. The highest BCUT2D eigenvalue weighted by molar-refractivity contribution is 5.76. The maximum absolute atomic E-state index is 12.3. The molecule has 0 aliphatic carbocycles. The molecule has 4 heteroatoms. The van der Waals surface area contributed by atoms with E-state index in [2.05, 4.69) is 55.6 Å². The molecular weight excluding hydrogens is 615 g/mol. The van der Waals surface area contributed by atoms with Crippen molar-refractivity contribution >= 4 is 5.91 Å². The van der Waals surface area contributed by atoms with Gasteiger partial charge >= 0.3 is 0 Å². The van der Waals surface area contributed by atoms with Crippen molar-refractivity contribution < 1.29 is 15.0 Å². The Labute approximate surface area is 312 Å². The van der Waals surface area contributed by atoms with Gasteiger partial charge in [-0.15, -0.1) is 0 Å².